The third kappa shape index (κ3) is 3.38. The number of aromatic nitrogens is 5. The summed E-state index contributed by atoms with van der Waals surface area (Å²) in [7, 11) is 0. The minimum atomic E-state index is 0.481. The van der Waals surface area contributed by atoms with E-state index in [-0.39, 0.29) is 0 Å². The highest BCUT2D eigenvalue weighted by Crippen LogP contribution is 2.41. The summed E-state index contributed by atoms with van der Waals surface area (Å²) in [6, 6.07) is 14.4. The summed E-state index contributed by atoms with van der Waals surface area (Å²) >= 11 is 1.64. The van der Waals surface area contributed by atoms with Gasteiger partial charge in [-0.05, 0) is 37.1 Å². The molecule has 0 atom stereocenters. The lowest BCUT2D eigenvalue weighted by Crippen LogP contribution is -2.00. The normalized spacial score (nSPS) is 13.8. The molecule has 0 saturated heterocycles. The second-order valence-electron chi connectivity index (χ2n) is 6.45. The molecule has 4 aromatic rings. The fraction of sp³-hybridized carbons (Fsp3) is 0.200. The lowest BCUT2D eigenvalue weighted by Gasteiger charge is -2.07. The van der Waals surface area contributed by atoms with E-state index < -0.39 is 0 Å². The van der Waals surface area contributed by atoms with Crippen molar-refractivity contribution in [2.75, 3.05) is 0 Å². The first-order chi connectivity index (χ1) is 13.4. The van der Waals surface area contributed by atoms with Crippen molar-refractivity contribution in [2.45, 2.75) is 29.8 Å². The van der Waals surface area contributed by atoms with Crippen LogP contribution >= 0.6 is 11.8 Å². The second-order valence-corrected chi connectivity index (χ2v) is 7.39. The number of oxazole rings is 1. The van der Waals surface area contributed by atoms with Gasteiger partial charge in [0.25, 0.3) is 0 Å². The molecule has 134 valence electrons. The zero-order chi connectivity index (χ0) is 18.1. The molecule has 3 heterocycles. The zero-order valence-electron chi connectivity index (χ0n) is 14.5. The highest BCUT2D eigenvalue weighted by atomic mass is 32.2. The van der Waals surface area contributed by atoms with E-state index in [0.717, 1.165) is 27.8 Å². The van der Waals surface area contributed by atoms with Crippen LogP contribution < -0.4 is 0 Å². The summed E-state index contributed by atoms with van der Waals surface area (Å²) in [6.07, 6.45) is 7.66. The van der Waals surface area contributed by atoms with Crippen LogP contribution in [-0.4, -0.2) is 24.7 Å². The first-order valence-electron chi connectivity index (χ1n) is 8.86. The van der Waals surface area contributed by atoms with Crippen LogP contribution in [0.3, 0.4) is 0 Å². The molecule has 0 amide bonds. The maximum Gasteiger partial charge on any atom is 0.226 e. The lowest BCUT2D eigenvalue weighted by molar-refractivity contribution is 0.573. The summed E-state index contributed by atoms with van der Waals surface area (Å²) in [4.78, 5) is 8.80. The van der Waals surface area contributed by atoms with Gasteiger partial charge in [0.15, 0.2) is 11.0 Å². The summed E-state index contributed by atoms with van der Waals surface area (Å²) in [5, 5.41) is 9.76. The van der Waals surface area contributed by atoms with Crippen molar-refractivity contribution in [1.82, 2.24) is 24.7 Å². The van der Waals surface area contributed by atoms with Crippen molar-refractivity contribution in [3.63, 3.8) is 0 Å². The van der Waals surface area contributed by atoms with Crippen LogP contribution in [0.1, 0.15) is 24.6 Å². The predicted octanol–water partition coefficient (Wildman–Crippen LogP) is 4.62. The Labute approximate surface area is 160 Å². The van der Waals surface area contributed by atoms with Crippen molar-refractivity contribution in [2.24, 2.45) is 0 Å². The van der Waals surface area contributed by atoms with Crippen molar-refractivity contribution in [3.05, 3.63) is 66.8 Å². The van der Waals surface area contributed by atoms with Crippen LogP contribution in [0.25, 0.3) is 22.8 Å². The molecule has 5 rings (SSSR count). The molecule has 1 aromatic carbocycles. The van der Waals surface area contributed by atoms with Gasteiger partial charge in [0.2, 0.25) is 5.89 Å². The van der Waals surface area contributed by atoms with Gasteiger partial charge in [-0.15, -0.1) is 10.2 Å². The van der Waals surface area contributed by atoms with Crippen molar-refractivity contribution in [3.8, 4) is 22.8 Å². The Kier molecular flexibility index (Phi) is 4.21. The second kappa shape index (κ2) is 7.00. The molecule has 7 heteroatoms. The molecule has 0 aliphatic heterocycles. The number of pyridine rings is 1. The van der Waals surface area contributed by atoms with E-state index in [0.29, 0.717) is 17.7 Å². The number of nitrogens with zero attached hydrogens (tertiary/aromatic N) is 5. The summed E-state index contributed by atoms with van der Waals surface area (Å²) in [6.45, 7) is 0. The standard InChI is InChI=1S/C20H17N5OS/c1-2-5-14(6-3-1)19-22-16(12-26-19)13-27-20-24-23-18(25(20)17-8-9-17)15-7-4-10-21-11-15/h1-7,10-12,17H,8-9,13H2. The van der Waals surface area contributed by atoms with E-state index >= 15 is 0 Å². The lowest BCUT2D eigenvalue weighted by atomic mass is 10.2. The average Bonchev–Trinajstić information content (AvgIpc) is 3.30. The molecule has 0 bridgehead atoms. The number of thioether (sulfide) groups is 1. The Morgan fingerprint density at radius 1 is 1.04 bits per heavy atom. The van der Waals surface area contributed by atoms with Gasteiger partial charge in [-0.1, -0.05) is 30.0 Å². The van der Waals surface area contributed by atoms with Crippen LogP contribution in [0.4, 0.5) is 0 Å². The monoisotopic (exact) mass is 375 g/mol. The minimum Gasteiger partial charge on any atom is -0.444 e. The molecule has 1 saturated carbocycles. The SMILES string of the molecule is c1ccc(-c2nc(CSc3nnc(-c4cccnc4)n3C3CC3)co2)cc1. The summed E-state index contributed by atoms with van der Waals surface area (Å²) in [5.74, 6) is 2.22. The van der Waals surface area contributed by atoms with Gasteiger partial charge in [-0.2, -0.15) is 0 Å². The van der Waals surface area contributed by atoms with E-state index in [1.54, 1.807) is 24.2 Å². The molecule has 0 unspecified atom stereocenters. The topological polar surface area (TPSA) is 69.6 Å². The van der Waals surface area contributed by atoms with E-state index in [2.05, 4.69) is 24.7 Å². The quantitative estimate of drug-likeness (QED) is 0.458. The Balaban J connectivity index is 1.36. The van der Waals surface area contributed by atoms with Crippen LogP contribution in [0.2, 0.25) is 0 Å². The van der Waals surface area contributed by atoms with E-state index in [1.807, 2.05) is 48.7 Å². The Morgan fingerprint density at radius 3 is 2.67 bits per heavy atom. The van der Waals surface area contributed by atoms with Gasteiger partial charge < -0.3 is 4.42 Å². The smallest absolute Gasteiger partial charge is 0.226 e. The fourth-order valence-corrected chi connectivity index (χ4v) is 3.84. The fourth-order valence-electron chi connectivity index (χ4n) is 2.95. The molecule has 6 nitrogen and oxygen atoms in total. The van der Waals surface area contributed by atoms with Gasteiger partial charge in [-0.25, -0.2) is 4.98 Å². The number of hydrogen-bond donors (Lipinski definition) is 0. The minimum absolute atomic E-state index is 0.481. The summed E-state index contributed by atoms with van der Waals surface area (Å²) in [5.41, 5.74) is 2.87. The maximum atomic E-state index is 5.63. The van der Waals surface area contributed by atoms with Crippen LogP contribution in [-0.2, 0) is 5.75 Å². The molecule has 1 aliphatic carbocycles. The Hall–Kier alpha value is -2.93. The largest absolute Gasteiger partial charge is 0.444 e. The van der Waals surface area contributed by atoms with Crippen molar-refractivity contribution in [1.29, 1.82) is 0 Å². The van der Waals surface area contributed by atoms with Crippen molar-refractivity contribution < 1.29 is 4.42 Å². The number of rotatable bonds is 6. The summed E-state index contributed by atoms with van der Waals surface area (Å²) < 4.78 is 7.86. The molecule has 1 aliphatic rings. The molecule has 0 radical (unpaired) electrons. The maximum absolute atomic E-state index is 5.63. The molecule has 1 fully saturated rings. The van der Waals surface area contributed by atoms with Gasteiger partial charge in [0, 0.05) is 35.3 Å². The van der Waals surface area contributed by atoms with E-state index in [4.69, 9.17) is 4.42 Å². The van der Waals surface area contributed by atoms with Gasteiger partial charge >= 0.3 is 0 Å². The predicted molar refractivity (Wildman–Crippen MR) is 103 cm³/mol. The van der Waals surface area contributed by atoms with Gasteiger partial charge in [0.1, 0.15) is 6.26 Å². The number of benzene rings is 1. The third-order valence-electron chi connectivity index (χ3n) is 4.42. The molecular formula is C20H17N5OS. The molecule has 0 spiro atoms. The van der Waals surface area contributed by atoms with Crippen LogP contribution in [0.15, 0.2) is 70.7 Å². The highest BCUT2D eigenvalue weighted by Gasteiger charge is 2.30. The molecular weight excluding hydrogens is 358 g/mol. The Bertz CT molecular complexity index is 1040. The first kappa shape index (κ1) is 16.3. The molecule has 3 aromatic heterocycles. The average molecular weight is 375 g/mol. The van der Waals surface area contributed by atoms with Crippen molar-refractivity contribution >= 4 is 11.8 Å². The molecule has 27 heavy (non-hydrogen) atoms. The van der Waals surface area contributed by atoms with Crippen LogP contribution in [0, 0.1) is 0 Å². The zero-order valence-corrected chi connectivity index (χ0v) is 15.3. The highest BCUT2D eigenvalue weighted by molar-refractivity contribution is 7.98. The Morgan fingerprint density at radius 2 is 1.89 bits per heavy atom. The van der Waals surface area contributed by atoms with Gasteiger partial charge in [-0.3, -0.25) is 9.55 Å². The first-order valence-corrected chi connectivity index (χ1v) is 9.85. The van der Waals surface area contributed by atoms with Crippen LogP contribution in [0.5, 0.6) is 0 Å². The van der Waals surface area contributed by atoms with E-state index in [9.17, 15) is 0 Å². The number of hydrogen-bond acceptors (Lipinski definition) is 6. The third-order valence-corrected chi connectivity index (χ3v) is 5.39. The molecule has 0 N–H and O–H groups in total. The van der Waals surface area contributed by atoms with Gasteiger partial charge in [0.05, 0.1) is 5.69 Å². The van der Waals surface area contributed by atoms with E-state index in [1.165, 1.54) is 12.8 Å².